The van der Waals surface area contributed by atoms with Crippen molar-refractivity contribution in [2.24, 2.45) is 0 Å². The SMILES string of the molecule is C=CCOS(=O)(=S)CC=C.[NaH]. The van der Waals surface area contributed by atoms with Gasteiger partial charge in [0, 0.05) is 11.2 Å². The van der Waals surface area contributed by atoms with Gasteiger partial charge in [0.05, 0.1) is 12.4 Å². The fraction of sp³-hybridized carbons (Fsp3) is 0.333. The third-order valence-electron chi connectivity index (χ3n) is 0.687. The molecule has 0 saturated heterocycles. The van der Waals surface area contributed by atoms with Crippen molar-refractivity contribution in [2.75, 3.05) is 12.4 Å². The number of hydrogen-bond donors (Lipinski definition) is 0. The Bertz CT molecular complexity index is 209. The molecule has 0 spiro atoms. The van der Waals surface area contributed by atoms with Crippen LogP contribution in [0.4, 0.5) is 0 Å². The van der Waals surface area contributed by atoms with Gasteiger partial charge in [0.1, 0.15) is 8.77 Å². The molecule has 0 heterocycles. The Labute approximate surface area is 94.9 Å². The van der Waals surface area contributed by atoms with Crippen molar-refractivity contribution in [1.29, 1.82) is 0 Å². The van der Waals surface area contributed by atoms with Gasteiger partial charge in [-0.05, 0) is 0 Å². The second-order valence-corrected chi connectivity index (χ2v) is 4.79. The van der Waals surface area contributed by atoms with E-state index in [9.17, 15) is 4.21 Å². The van der Waals surface area contributed by atoms with Gasteiger partial charge in [-0.3, -0.25) is 4.18 Å². The standard InChI is InChI=1S/C6H10O2S2.Na.H/c1-3-5-8-10(7,9)6-4-2;;/h3-4H,1-2,5-6H2;;. The predicted molar refractivity (Wildman–Crippen MR) is 53.9 cm³/mol. The van der Waals surface area contributed by atoms with Crippen molar-refractivity contribution >= 4 is 49.5 Å². The number of hydrogen-bond acceptors (Lipinski definition) is 3. The summed E-state index contributed by atoms with van der Waals surface area (Å²) < 4.78 is 15.8. The van der Waals surface area contributed by atoms with Gasteiger partial charge in [-0.25, -0.2) is 4.21 Å². The molecule has 0 aromatic heterocycles. The van der Waals surface area contributed by atoms with Crippen LogP contribution < -0.4 is 0 Å². The quantitative estimate of drug-likeness (QED) is 0.476. The van der Waals surface area contributed by atoms with Crippen molar-refractivity contribution in [2.45, 2.75) is 0 Å². The Balaban J connectivity index is 0. The zero-order valence-corrected chi connectivity index (χ0v) is 7.25. The molecule has 1 unspecified atom stereocenters. The Morgan fingerprint density at radius 1 is 1.45 bits per heavy atom. The van der Waals surface area contributed by atoms with Crippen molar-refractivity contribution in [3.05, 3.63) is 25.3 Å². The zero-order chi connectivity index (χ0) is 8.04. The maximum absolute atomic E-state index is 11.0. The summed E-state index contributed by atoms with van der Waals surface area (Å²) in [6.07, 6.45) is 2.99. The van der Waals surface area contributed by atoms with Crippen LogP contribution >= 0.6 is 0 Å². The topological polar surface area (TPSA) is 26.3 Å². The summed E-state index contributed by atoms with van der Waals surface area (Å²) in [5, 5.41) is 0. The summed E-state index contributed by atoms with van der Waals surface area (Å²) >= 11 is 4.59. The Morgan fingerprint density at radius 3 is 2.36 bits per heavy atom. The molecule has 0 amide bonds. The third kappa shape index (κ3) is 8.72. The second-order valence-electron chi connectivity index (χ2n) is 1.59. The summed E-state index contributed by atoms with van der Waals surface area (Å²) in [5.74, 6) is 0.218. The first kappa shape index (κ1) is 14.3. The molecule has 0 aromatic carbocycles. The van der Waals surface area contributed by atoms with E-state index in [4.69, 9.17) is 4.18 Å². The Hall–Kier alpha value is 0.810. The predicted octanol–water partition coefficient (Wildman–Crippen LogP) is 0.388. The van der Waals surface area contributed by atoms with Crippen LogP contribution in [0, 0.1) is 0 Å². The summed E-state index contributed by atoms with van der Waals surface area (Å²) in [7, 11) is -2.55. The van der Waals surface area contributed by atoms with Crippen LogP contribution in [-0.2, 0) is 24.1 Å². The Morgan fingerprint density at radius 2 is 2.00 bits per heavy atom. The van der Waals surface area contributed by atoms with Gasteiger partial charge >= 0.3 is 29.6 Å². The molecule has 0 aliphatic heterocycles. The third-order valence-corrected chi connectivity index (χ3v) is 2.52. The summed E-state index contributed by atoms with van der Waals surface area (Å²) in [5.41, 5.74) is 0. The first-order chi connectivity index (χ1) is 4.62. The van der Waals surface area contributed by atoms with Crippen molar-refractivity contribution in [3.63, 3.8) is 0 Å². The van der Waals surface area contributed by atoms with Gasteiger partial charge in [0.25, 0.3) is 0 Å². The fourth-order valence-corrected chi connectivity index (χ4v) is 1.49. The average Bonchev–Trinajstić information content (AvgIpc) is 1.84. The van der Waals surface area contributed by atoms with Crippen LogP contribution in [0.1, 0.15) is 0 Å². The monoisotopic (exact) mass is 202 g/mol. The Kier molecular flexibility index (Phi) is 9.72. The van der Waals surface area contributed by atoms with E-state index in [2.05, 4.69) is 24.3 Å². The first-order valence-corrected chi connectivity index (χ1v) is 5.29. The van der Waals surface area contributed by atoms with Crippen molar-refractivity contribution in [3.8, 4) is 0 Å². The van der Waals surface area contributed by atoms with E-state index in [1.165, 1.54) is 12.2 Å². The van der Waals surface area contributed by atoms with Gasteiger partial charge in [-0.1, -0.05) is 12.2 Å². The first-order valence-electron chi connectivity index (χ1n) is 2.71. The van der Waals surface area contributed by atoms with Gasteiger partial charge in [-0.2, -0.15) is 0 Å². The van der Waals surface area contributed by atoms with Gasteiger partial charge in [0.2, 0.25) is 0 Å². The van der Waals surface area contributed by atoms with E-state index >= 15 is 0 Å². The molecular formula is C6H11NaO2S2. The molecule has 60 valence electrons. The molecule has 0 aliphatic carbocycles. The van der Waals surface area contributed by atoms with Crippen LogP contribution in [0.15, 0.2) is 25.3 Å². The number of rotatable bonds is 5. The van der Waals surface area contributed by atoms with Crippen molar-refractivity contribution < 1.29 is 8.39 Å². The van der Waals surface area contributed by atoms with Crippen molar-refractivity contribution in [1.82, 2.24) is 0 Å². The average molecular weight is 202 g/mol. The van der Waals surface area contributed by atoms with Crippen LogP contribution in [0.5, 0.6) is 0 Å². The zero-order valence-electron chi connectivity index (χ0n) is 5.62. The molecule has 0 aromatic rings. The van der Waals surface area contributed by atoms with E-state index in [-0.39, 0.29) is 41.9 Å². The molecule has 0 aliphatic rings. The molecule has 11 heavy (non-hydrogen) atoms. The van der Waals surface area contributed by atoms with E-state index in [0.717, 1.165) is 0 Å². The second kappa shape index (κ2) is 7.46. The summed E-state index contributed by atoms with van der Waals surface area (Å²) in [6, 6.07) is 0. The normalized spacial score (nSPS) is 14.2. The maximum atomic E-state index is 11.0. The van der Waals surface area contributed by atoms with E-state index in [1.54, 1.807) is 0 Å². The van der Waals surface area contributed by atoms with Gasteiger partial charge in [-0.15, -0.1) is 13.2 Å². The molecule has 2 nitrogen and oxygen atoms in total. The van der Waals surface area contributed by atoms with Gasteiger partial charge in [0.15, 0.2) is 0 Å². The summed E-state index contributed by atoms with van der Waals surface area (Å²) in [4.78, 5) is 0. The van der Waals surface area contributed by atoms with Gasteiger partial charge < -0.3 is 0 Å². The van der Waals surface area contributed by atoms with E-state index in [1.807, 2.05) is 0 Å². The molecule has 0 saturated carbocycles. The van der Waals surface area contributed by atoms with Crippen LogP contribution in [0.2, 0.25) is 0 Å². The fourth-order valence-electron chi connectivity index (χ4n) is 0.344. The minimum absolute atomic E-state index is 0. The molecule has 1 atom stereocenters. The molecule has 0 N–H and O–H groups in total. The summed E-state index contributed by atoms with van der Waals surface area (Å²) in [6.45, 7) is 7.04. The molecular weight excluding hydrogens is 191 g/mol. The minimum atomic E-state index is -2.55. The van der Waals surface area contributed by atoms with Crippen LogP contribution in [0.3, 0.4) is 0 Å². The molecule has 0 rings (SSSR count). The van der Waals surface area contributed by atoms with Crippen LogP contribution in [-0.4, -0.2) is 46.1 Å². The van der Waals surface area contributed by atoms with Crippen LogP contribution in [0.25, 0.3) is 0 Å². The molecule has 0 fully saturated rings. The molecule has 0 bridgehead atoms. The molecule has 5 heteroatoms. The van der Waals surface area contributed by atoms with E-state index < -0.39 is 8.77 Å². The molecule has 0 radical (unpaired) electrons. The van der Waals surface area contributed by atoms with E-state index in [0.29, 0.717) is 0 Å².